The van der Waals surface area contributed by atoms with Crippen LogP contribution in [-0.2, 0) is 4.74 Å². The molecule has 21 heavy (non-hydrogen) atoms. The SMILES string of the molecule is CCOC(=O)c1coc(-c2ccc([N+](=O)[O-])cc2)cc1=O. The van der Waals surface area contributed by atoms with Gasteiger partial charge in [0.15, 0.2) is 5.43 Å². The monoisotopic (exact) mass is 289 g/mol. The quantitative estimate of drug-likeness (QED) is 0.486. The number of nitro benzene ring substituents is 1. The maximum absolute atomic E-state index is 11.8. The number of nitro groups is 1. The topological polar surface area (TPSA) is 99.7 Å². The van der Waals surface area contributed by atoms with Gasteiger partial charge in [0.1, 0.15) is 17.6 Å². The summed E-state index contributed by atoms with van der Waals surface area (Å²) in [5.41, 5.74) is -0.298. The first-order chi connectivity index (χ1) is 10.0. The van der Waals surface area contributed by atoms with Gasteiger partial charge >= 0.3 is 5.97 Å². The fourth-order valence-electron chi connectivity index (χ4n) is 1.67. The Balaban J connectivity index is 2.33. The number of esters is 1. The molecule has 0 saturated carbocycles. The first kappa shape index (κ1) is 14.4. The van der Waals surface area contributed by atoms with Crippen molar-refractivity contribution in [2.75, 3.05) is 6.61 Å². The molecular formula is C14H11NO6. The average molecular weight is 289 g/mol. The normalized spacial score (nSPS) is 10.1. The molecule has 0 bridgehead atoms. The lowest BCUT2D eigenvalue weighted by Crippen LogP contribution is -2.16. The molecule has 0 saturated heterocycles. The zero-order valence-electron chi connectivity index (χ0n) is 11.1. The van der Waals surface area contributed by atoms with Crippen molar-refractivity contribution in [3.05, 3.63) is 62.5 Å². The molecule has 1 heterocycles. The number of non-ortho nitro benzene ring substituents is 1. The van der Waals surface area contributed by atoms with E-state index in [9.17, 15) is 19.7 Å². The third kappa shape index (κ3) is 3.14. The van der Waals surface area contributed by atoms with Crippen LogP contribution in [0.3, 0.4) is 0 Å². The van der Waals surface area contributed by atoms with E-state index in [4.69, 9.17) is 9.15 Å². The van der Waals surface area contributed by atoms with Gasteiger partial charge in [-0.25, -0.2) is 4.79 Å². The van der Waals surface area contributed by atoms with Crippen LogP contribution in [0.4, 0.5) is 5.69 Å². The second kappa shape index (κ2) is 6.00. The summed E-state index contributed by atoms with van der Waals surface area (Å²) < 4.78 is 9.94. The first-order valence-electron chi connectivity index (χ1n) is 6.07. The summed E-state index contributed by atoms with van der Waals surface area (Å²) >= 11 is 0. The van der Waals surface area contributed by atoms with Gasteiger partial charge in [-0.05, 0) is 19.1 Å². The third-order valence-electron chi connectivity index (χ3n) is 2.69. The minimum absolute atomic E-state index is 0.0655. The highest BCUT2D eigenvalue weighted by Gasteiger charge is 2.14. The molecule has 1 aromatic heterocycles. The lowest BCUT2D eigenvalue weighted by molar-refractivity contribution is -0.384. The molecule has 108 valence electrons. The molecule has 0 aliphatic rings. The lowest BCUT2D eigenvalue weighted by atomic mass is 10.1. The summed E-state index contributed by atoms with van der Waals surface area (Å²) in [6.45, 7) is 1.78. The van der Waals surface area contributed by atoms with E-state index >= 15 is 0 Å². The maximum Gasteiger partial charge on any atom is 0.345 e. The minimum Gasteiger partial charge on any atom is -0.463 e. The van der Waals surface area contributed by atoms with Crippen LogP contribution in [0.25, 0.3) is 11.3 Å². The Kier molecular flexibility index (Phi) is 4.13. The van der Waals surface area contributed by atoms with Crippen LogP contribution in [0.15, 0.2) is 45.8 Å². The highest BCUT2D eigenvalue weighted by Crippen LogP contribution is 2.21. The lowest BCUT2D eigenvalue weighted by Gasteiger charge is -2.03. The number of hydrogen-bond acceptors (Lipinski definition) is 6. The van der Waals surface area contributed by atoms with E-state index in [0.29, 0.717) is 5.56 Å². The molecule has 0 aliphatic heterocycles. The Morgan fingerprint density at radius 3 is 2.52 bits per heavy atom. The number of ether oxygens (including phenoxy) is 1. The van der Waals surface area contributed by atoms with Crippen molar-refractivity contribution in [3.8, 4) is 11.3 Å². The number of carbonyl (C=O) groups is 1. The number of hydrogen-bond donors (Lipinski definition) is 0. The Bertz CT molecular complexity index is 732. The van der Waals surface area contributed by atoms with E-state index in [1.54, 1.807) is 6.92 Å². The van der Waals surface area contributed by atoms with Crippen LogP contribution in [-0.4, -0.2) is 17.5 Å². The summed E-state index contributed by atoms with van der Waals surface area (Å²) in [6.07, 6.45) is 1.02. The molecule has 2 aromatic rings. The van der Waals surface area contributed by atoms with Crippen molar-refractivity contribution >= 4 is 11.7 Å². The van der Waals surface area contributed by atoms with E-state index in [2.05, 4.69) is 0 Å². The van der Waals surface area contributed by atoms with Crippen molar-refractivity contribution < 1.29 is 18.9 Å². The number of rotatable bonds is 4. The highest BCUT2D eigenvalue weighted by molar-refractivity contribution is 5.89. The van der Waals surface area contributed by atoms with Crippen molar-refractivity contribution in [1.29, 1.82) is 0 Å². The van der Waals surface area contributed by atoms with Crippen molar-refractivity contribution in [2.24, 2.45) is 0 Å². The van der Waals surface area contributed by atoms with Gasteiger partial charge in [-0.1, -0.05) is 0 Å². The molecule has 1 aromatic carbocycles. The Labute approximate surface area is 118 Å². The highest BCUT2D eigenvalue weighted by atomic mass is 16.6. The van der Waals surface area contributed by atoms with Gasteiger partial charge in [0.05, 0.1) is 11.5 Å². The molecule has 2 rings (SSSR count). The summed E-state index contributed by atoms with van der Waals surface area (Å²) in [5, 5.41) is 10.6. The van der Waals surface area contributed by atoms with Gasteiger partial charge in [0.25, 0.3) is 5.69 Å². The predicted molar refractivity (Wildman–Crippen MR) is 73.0 cm³/mol. The molecular weight excluding hydrogens is 278 g/mol. The molecule has 0 spiro atoms. The molecule has 0 radical (unpaired) electrons. The van der Waals surface area contributed by atoms with E-state index < -0.39 is 16.3 Å². The predicted octanol–water partition coefficient (Wildman–Crippen LogP) is 2.39. The third-order valence-corrected chi connectivity index (χ3v) is 2.69. The van der Waals surface area contributed by atoms with Crippen LogP contribution in [0, 0.1) is 10.1 Å². The fourth-order valence-corrected chi connectivity index (χ4v) is 1.67. The molecule has 0 fully saturated rings. The second-order valence-electron chi connectivity index (χ2n) is 4.05. The summed E-state index contributed by atoms with van der Waals surface area (Å²) in [7, 11) is 0. The molecule has 0 N–H and O–H groups in total. The Hall–Kier alpha value is -2.96. The van der Waals surface area contributed by atoms with Crippen LogP contribution in [0.2, 0.25) is 0 Å². The molecule has 0 unspecified atom stereocenters. The van der Waals surface area contributed by atoms with Gasteiger partial charge in [-0.3, -0.25) is 14.9 Å². The van der Waals surface area contributed by atoms with E-state index in [-0.39, 0.29) is 23.6 Å². The van der Waals surface area contributed by atoms with Gasteiger partial charge in [0, 0.05) is 23.8 Å². The van der Waals surface area contributed by atoms with E-state index in [1.165, 1.54) is 24.3 Å². The van der Waals surface area contributed by atoms with E-state index in [0.717, 1.165) is 12.3 Å². The molecule has 0 atom stereocenters. The standard InChI is InChI=1S/C14H11NO6/c1-2-20-14(17)11-8-21-13(7-12(11)16)9-3-5-10(6-4-9)15(18)19/h3-8H,2H2,1H3. The van der Waals surface area contributed by atoms with Crippen molar-refractivity contribution in [3.63, 3.8) is 0 Å². The van der Waals surface area contributed by atoms with Crippen LogP contribution in [0.5, 0.6) is 0 Å². The maximum atomic E-state index is 11.8. The number of benzene rings is 1. The van der Waals surface area contributed by atoms with Crippen LogP contribution >= 0.6 is 0 Å². The zero-order valence-corrected chi connectivity index (χ0v) is 11.1. The molecule has 7 nitrogen and oxygen atoms in total. The summed E-state index contributed by atoms with van der Waals surface area (Å²) in [6, 6.07) is 6.66. The minimum atomic E-state index is -0.749. The largest absolute Gasteiger partial charge is 0.463 e. The average Bonchev–Trinajstić information content (AvgIpc) is 2.47. The number of carbonyl (C=O) groups excluding carboxylic acids is 1. The van der Waals surface area contributed by atoms with Gasteiger partial charge in [-0.2, -0.15) is 0 Å². The molecule has 7 heteroatoms. The molecule has 0 aliphatic carbocycles. The fraction of sp³-hybridized carbons (Fsp3) is 0.143. The Morgan fingerprint density at radius 1 is 1.33 bits per heavy atom. The van der Waals surface area contributed by atoms with Gasteiger partial charge in [0.2, 0.25) is 0 Å². The molecule has 0 amide bonds. The van der Waals surface area contributed by atoms with Gasteiger partial charge < -0.3 is 9.15 Å². The van der Waals surface area contributed by atoms with Crippen LogP contribution in [0.1, 0.15) is 17.3 Å². The Morgan fingerprint density at radius 2 is 2.00 bits per heavy atom. The van der Waals surface area contributed by atoms with E-state index in [1.807, 2.05) is 0 Å². The van der Waals surface area contributed by atoms with Crippen molar-refractivity contribution in [1.82, 2.24) is 0 Å². The second-order valence-corrected chi connectivity index (χ2v) is 4.05. The number of nitrogens with zero attached hydrogens (tertiary/aromatic N) is 1. The van der Waals surface area contributed by atoms with Gasteiger partial charge in [-0.15, -0.1) is 0 Å². The first-order valence-corrected chi connectivity index (χ1v) is 6.07. The van der Waals surface area contributed by atoms with Crippen molar-refractivity contribution in [2.45, 2.75) is 6.92 Å². The summed E-state index contributed by atoms with van der Waals surface area (Å²) in [4.78, 5) is 33.4. The van der Waals surface area contributed by atoms with Crippen LogP contribution < -0.4 is 5.43 Å². The summed E-state index contributed by atoms with van der Waals surface area (Å²) in [5.74, 6) is -0.538. The zero-order chi connectivity index (χ0) is 15.4. The smallest absolute Gasteiger partial charge is 0.345 e.